The maximum absolute atomic E-state index is 14.9. The van der Waals surface area contributed by atoms with E-state index in [2.05, 4.69) is 25.9 Å². The standard InChI is InChI=1S/C21H17FN4O5S2/c1-12(27)7-8-14-5-3-4-6-15(14)13(2)26-17-9-16(22)19(10-18(17)31-21(26)28)33(29,30)25-20-23-11-24-32-20/h3-6,9-13,27H,1-2H3,(H,23,24,25)/t12-,13-/m1/s1. The number of anilines is 1. The molecule has 0 saturated carbocycles. The summed E-state index contributed by atoms with van der Waals surface area (Å²) in [5, 5.41) is 9.44. The van der Waals surface area contributed by atoms with Crippen molar-refractivity contribution in [2.75, 3.05) is 4.72 Å². The van der Waals surface area contributed by atoms with Gasteiger partial charge in [0.25, 0.3) is 10.0 Å². The molecule has 4 rings (SSSR count). The number of oxazole rings is 1. The number of sulfonamides is 1. The SMILES string of the molecule is C[C@H](c1ccccc1C#C[C@@H](C)O)n1c(=O)oc2cc(S(=O)(=O)Nc3ncns3)c(F)cc21. The highest BCUT2D eigenvalue weighted by atomic mass is 32.2. The van der Waals surface area contributed by atoms with Crippen LogP contribution >= 0.6 is 11.5 Å². The maximum atomic E-state index is 14.9. The molecule has 0 amide bonds. The van der Waals surface area contributed by atoms with Crippen LogP contribution in [0.3, 0.4) is 0 Å². The van der Waals surface area contributed by atoms with E-state index in [0.29, 0.717) is 11.1 Å². The number of hydrogen-bond donors (Lipinski definition) is 2. The third-order valence-electron chi connectivity index (χ3n) is 4.75. The van der Waals surface area contributed by atoms with Crippen molar-refractivity contribution < 1.29 is 22.3 Å². The van der Waals surface area contributed by atoms with Crippen molar-refractivity contribution in [1.82, 2.24) is 13.9 Å². The summed E-state index contributed by atoms with van der Waals surface area (Å²) in [4.78, 5) is 15.7. The first kappa shape index (κ1) is 22.7. The first-order valence-corrected chi connectivity index (χ1v) is 11.9. The fourth-order valence-corrected chi connectivity index (χ4v) is 5.03. The Morgan fingerprint density at radius 1 is 1.27 bits per heavy atom. The van der Waals surface area contributed by atoms with Crippen molar-refractivity contribution >= 4 is 37.8 Å². The summed E-state index contributed by atoms with van der Waals surface area (Å²) < 4.78 is 52.4. The number of nitrogens with one attached hydrogen (secondary N) is 1. The van der Waals surface area contributed by atoms with Gasteiger partial charge in [-0.2, -0.15) is 4.37 Å². The zero-order valence-corrected chi connectivity index (χ0v) is 18.9. The number of aliphatic hydroxyl groups excluding tert-OH is 1. The first-order chi connectivity index (χ1) is 15.7. The van der Waals surface area contributed by atoms with Crippen molar-refractivity contribution in [2.24, 2.45) is 0 Å². The third kappa shape index (κ3) is 4.51. The van der Waals surface area contributed by atoms with E-state index in [1.165, 1.54) is 11.5 Å². The van der Waals surface area contributed by atoms with Crippen LogP contribution in [0.4, 0.5) is 9.52 Å². The molecular weight excluding hydrogens is 471 g/mol. The quantitative estimate of drug-likeness (QED) is 0.414. The molecule has 0 aliphatic heterocycles. The molecule has 12 heteroatoms. The summed E-state index contributed by atoms with van der Waals surface area (Å²) in [5.74, 6) is 3.67. The topological polar surface area (TPSA) is 127 Å². The second kappa shape index (κ2) is 8.78. The van der Waals surface area contributed by atoms with Crippen LogP contribution in [0.2, 0.25) is 0 Å². The normalized spacial score (nSPS) is 13.3. The predicted molar refractivity (Wildman–Crippen MR) is 120 cm³/mol. The van der Waals surface area contributed by atoms with Crippen molar-refractivity contribution in [3.63, 3.8) is 0 Å². The number of aliphatic hydroxyl groups is 1. The highest BCUT2D eigenvalue weighted by molar-refractivity contribution is 7.93. The van der Waals surface area contributed by atoms with Gasteiger partial charge < -0.3 is 9.52 Å². The lowest BCUT2D eigenvalue weighted by molar-refractivity contribution is 0.253. The van der Waals surface area contributed by atoms with E-state index in [1.807, 2.05) is 0 Å². The smallest absolute Gasteiger partial charge is 0.408 e. The summed E-state index contributed by atoms with van der Waals surface area (Å²) in [6.45, 7) is 3.24. The van der Waals surface area contributed by atoms with Gasteiger partial charge in [0, 0.05) is 29.2 Å². The van der Waals surface area contributed by atoms with E-state index < -0.39 is 38.6 Å². The molecule has 0 unspecified atom stereocenters. The Morgan fingerprint density at radius 3 is 2.73 bits per heavy atom. The first-order valence-electron chi connectivity index (χ1n) is 9.60. The molecule has 33 heavy (non-hydrogen) atoms. The van der Waals surface area contributed by atoms with E-state index in [0.717, 1.165) is 30.0 Å². The molecule has 0 fully saturated rings. The lowest BCUT2D eigenvalue weighted by atomic mass is 10.0. The predicted octanol–water partition coefficient (Wildman–Crippen LogP) is 2.73. The minimum Gasteiger partial charge on any atom is -0.408 e. The molecular formula is C21H17FN4O5S2. The molecule has 4 aromatic rings. The summed E-state index contributed by atoms with van der Waals surface area (Å²) >= 11 is 0.791. The molecule has 2 atom stereocenters. The van der Waals surface area contributed by atoms with Gasteiger partial charge in [0.15, 0.2) is 5.58 Å². The molecule has 2 aromatic carbocycles. The van der Waals surface area contributed by atoms with E-state index in [4.69, 9.17) is 4.42 Å². The van der Waals surface area contributed by atoms with E-state index in [9.17, 15) is 22.7 Å². The largest absolute Gasteiger partial charge is 0.420 e. The Bertz CT molecular complexity index is 1550. The fourth-order valence-electron chi connectivity index (χ4n) is 3.29. The van der Waals surface area contributed by atoms with Crippen LogP contribution in [0.25, 0.3) is 11.1 Å². The average molecular weight is 489 g/mol. The van der Waals surface area contributed by atoms with Crippen LogP contribution in [0.5, 0.6) is 0 Å². The molecule has 0 radical (unpaired) electrons. The Labute approximate surface area is 191 Å². The van der Waals surface area contributed by atoms with Crippen LogP contribution in [-0.2, 0) is 10.0 Å². The zero-order valence-electron chi connectivity index (χ0n) is 17.3. The van der Waals surface area contributed by atoms with E-state index in [-0.39, 0.29) is 16.2 Å². The van der Waals surface area contributed by atoms with Gasteiger partial charge in [-0.25, -0.2) is 22.6 Å². The van der Waals surface area contributed by atoms with Crippen LogP contribution in [-0.4, -0.2) is 33.6 Å². The summed E-state index contributed by atoms with van der Waals surface area (Å²) in [5.41, 5.74) is 1.20. The van der Waals surface area contributed by atoms with Gasteiger partial charge in [-0.3, -0.25) is 9.29 Å². The van der Waals surface area contributed by atoms with Crippen LogP contribution in [0.15, 0.2) is 56.8 Å². The molecule has 2 heterocycles. The molecule has 170 valence electrons. The molecule has 0 saturated heterocycles. The van der Waals surface area contributed by atoms with Crippen molar-refractivity contribution in [3.05, 3.63) is 70.2 Å². The highest BCUT2D eigenvalue weighted by Crippen LogP contribution is 2.28. The van der Waals surface area contributed by atoms with Gasteiger partial charge in [-0.05, 0) is 25.5 Å². The molecule has 0 spiro atoms. The second-order valence-corrected chi connectivity index (χ2v) is 9.48. The number of hydrogen-bond acceptors (Lipinski definition) is 8. The Hall–Kier alpha value is -3.53. The number of fused-ring (bicyclic) bond motifs is 1. The minimum atomic E-state index is -4.33. The molecule has 2 aromatic heterocycles. The van der Waals surface area contributed by atoms with Crippen molar-refractivity contribution in [2.45, 2.75) is 30.9 Å². The number of halogens is 1. The van der Waals surface area contributed by atoms with E-state index >= 15 is 0 Å². The molecule has 9 nitrogen and oxygen atoms in total. The number of benzene rings is 2. The van der Waals surface area contributed by atoms with Gasteiger partial charge in [0.05, 0.1) is 11.6 Å². The Morgan fingerprint density at radius 2 is 2.03 bits per heavy atom. The zero-order chi connectivity index (χ0) is 23.8. The van der Waals surface area contributed by atoms with Gasteiger partial charge >= 0.3 is 5.76 Å². The maximum Gasteiger partial charge on any atom is 0.420 e. The summed E-state index contributed by atoms with van der Waals surface area (Å²) in [6, 6.07) is 8.28. The second-order valence-electron chi connectivity index (χ2n) is 7.05. The van der Waals surface area contributed by atoms with E-state index in [1.54, 1.807) is 31.2 Å². The van der Waals surface area contributed by atoms with Crippen molar-refractivity contribution in [1.29, 1.82) is 0 Å². The fraction of sp³-hybridized carbons (Fsp3) is 0.190. The summed E-state index contributed by atoms with van der Waals surface area (Å²) in [6.07, 6.45) is 0.320. The van der Waals surface area contributed by atoms with Gasteiger partial charge in [0.2, 0.25) is 5.13 Å². The number of aromatic nitrogens is 3. The minimum absolute atomic E-state index is 0.0305. The highest BCUT2D eigenvalue weighted by Gasteiger charge is 2.26. The Kier molecular flexibility index (Phi) is 6.03. The number of nitrogens with zero attached hydrogens (tertiary/aromatic N) is 3. The van der Waals surface area contributed by atoms with Gasteiger partial charge in [-0.15, -0.1) is 0 Å². The van der Waals surface area contributed by atoms with Crippen LogP contribution in [0, 0.1) is 17.7 Å². The molecule has 0 bridgehead atoms. The van der Waals surface area contributed by atoms with Crippen molar-refractivity contribution in [3.8, 4) is 11.8 Å². The Balaban J connectivity index is 1.81. The third-order valence-corrected chi connectivity index (χ3v) is 6.82. The lowest BCUT2D eigenvalue weighted by Crippen LogP contribution is -2.20. The van der Waals surface area contributed by atoms with Gasteiger partial charge in [-0.1, -0.05) is 30.0 Å². The van der Waals surface area contributed by atoms with Gasteiger partial charge in [0.1, 0.15) is 23.1 Å². The lowest BCUT2D eigenvalue weighted by Gasteiger charge is -2.15. The van der Waals surface area contributed by atoms with Crippen LogP contribution in [0.1, 0.15) is 31.0 Å². The molecule has 0 aliphatic carbocycles. The van der Waals surface area contributed by atoms with Crippen LogP contribution < -0.4 is 10.5 Å². The average Bonchev–Trinajstić information content (AvgIpc) is 3.37. The number of rotatable bonds is 5. The molecule has 0 aliphatic rings. The monoisotopic (exact) mass is 488 g/mol. The summed E-state index contributed by atoms with van der Waals surface area (Å²) in [7, 11) is -4.33. The molecule has 2 N–H and O–H groups in total.